The number of Topliss-reactive ketones (excluding diaryl/α,β-unsaturated/α-hetero) is 2. The lowest BCUT2D eigenvalue weighted by Gasteiger charge is -2.37. The van der Waals surface area contributed by atoms with E-state index in [0.29, 0.717) is 43.3 Å². The van der Waals surface area contributed by atoms with Crippen molar-refractivity contribution < 1.29 is 28.5 Å². The first-order valence-corrected chi connectivity index (χ1v) is 13.6. The molecule has 1 aromatic heterocycles. The van der Waals surface area contributed by atoms with Crippen LogP contribution < -0.4 is 14.8 Å². The van der Waals surface area contributed by atoms with E-state index in [9.17, 15) is 9.59 Å². The van der Waals surface area contributed by atoms with Crippen LogP contribution >= 0.6 is 0 Å². The number of hydrogen-bond donors (Lipinski definition) is 1. The molecule has 1 N–H and O–H groups in total. The van der Waals surface area contributed by atoms with Gasteiger partial charge in [-0.2, -0.15) is 0 Å². The molecule has 2 atom stereocenters. The van der Waals surface area contributed by atoms with Crippen molar-refractivity contribution in [3.8, 4) is 11.6 Å². The zero-order valence-corrected chi connectivity index (χ0v) is 22.6. The van der Waals surface area contributed by atoms with Gasteiger partial charge >= 0.3 is 0 Å². The first-order valence-electron chi connectivity index (χ1n) is 13.6. The van der Waals surface area contributed by atoms with Crippen LogP contribution in [0, 0.1) is 5.92 Å². The van der Waals surface area contributed by atoms with Crippen molar-refractivity contribution in [3.63, 3.8) is 0 Å². The summed E-state index contributed by atoms with van der Waals surface area (Å²) in [5, 5.41) is 3.64. The summed E-state index contributed by atoms with van der Waals surface area (Å²) < 4.78 is 22.4. The van der Waals surface area contributed by atoms with Gasteiger partial charge in [0.1, 0.15) is 25.1 Å². The molecule has 0 bridgehead atoms. The molecule has 1 aliphatic carbocycles. The van der Waals surface area contributed by atoms with Gasteiger partial charge in [0.2, 0.25) is 5.88 Å². The molecule has 1 aromatic rings. The van der Waals surface area contributed by atoms with Crippen molar-refractivity contribution >= 4 is 11.6 Å². The molecule has 2 rings (SSSR count). The molecule has 8 nitrogen and oxygen atoms in total. The predicted octanol–water partition coefficient (Wildman–Crippen LogP) is 4.54. The Hall–Kier alpha value is -2.03. The van der Waals surface area contributed by atoms with Crippen LogP contribution in [0.15, 0.2) is 18.3 Å². The van der Waals surface area contributed by atoms with E-state index in [1.807, 2.05) is 13.8 Å². The van der Waals surface area contributed by atoms with E-state index in [1.54, 1.807) is 18.3 Å². The summed E-state index contributed by atoms with van der Waals surface area (Å²) in [5.74, 6) is 1.37. The van der Waals surface area contributed by atoms with Gasteiger partial charge in [0, 0.05) is 50.3 Å². The molecule has 0 radical (unpaired) electrons. The maximum absolute atomic E-state index is 12.3. The minimum absolute atomic E-state index is 0.00523. The molecule has 0 aromatic carbocycles. The van der Waals surface area contributed by atoms with Gasteiger partial charge in [0.05, 0.1) is 6.20 Å². The molecular formula is C28H46N2O6. The number of carbonyl (C=O) groups excluding carboxylic acids is 2. The second-order valence-corrected chi connectivity index (χ2v) is 9.81. The molecule has 36 heavy (non-hydrogen) atoms. The SMILES string of the molecule is CCCCOCCCOCC(=O)C(C)CCC(C)N[C@H]1C[C@@H](Oc2ccc(OCC(=O)CC)cn2)C1. The van der Waals surface area contributed by atoms with Crippen LogP contribution in [-0.2, 0) is 19.1 Å². The third-order valence-electron chi connectivity index (χ3n) is 6.45. The van der Waals surface area contributed by atoms with Crippen LogP contribution in [0.3, 0.4) is 0 Å². The maximum atomic E-state index is 12.3. The molecule has 1 saturated carbocycles. The van der Waals surface area contributed by atoms with Gasteiger partial charge in [-0.1, -0.05) is 27.2 Å². The average molecular weight is 507 g/mol. The Morgan fingerprint density at radius 2 is 1.78 bits per heavy atom. The number of ketones is 2. The van der Waals surface area contributed by atoms with Crippen LogP contribution in [0.1, 0.15) is 79.1 Å². The topological polar surface area (TPSA) is 96.0 Å². The number of rotatable bonds is 21. The molecule has 204 valence electrons. The fourth-order valence-corrected chi connectivity index (χ4v) is 3.83. The number of hydrogen-bond acceptors (Lipinski definition) is 8. The second-order valence-electron chi connectivity index (χ2n) is 9.81. The van der Waals surface area contributed by atoms with E-state index in [0.717, 1.165) is 51.6 Å². The summed E-state index contributed by atoms with van der Waals surface area (Å²) in [6.07, 6.45) is 8.92. The van der Waals surface area contributed by atoms with Crippen molar-refractivity contribution in [2.24, 2.45) is 5.92 Å². The Labute approximate surface area is 216 Å². The molecule has 0 aliphatic heterocycles. The van der Waals surface area contributed by atoms with Crippen molar-refractivity contribution in [1.82, 2.24) is 10.3 Å². The molecule has 1 heterocycles. The van der Waals surface area contributed by atoms with E-state index in [2.05, 4.69) is 24.1 Å². The van der Waals surface area contributed by atoms with E-state index >= 15 is 0 Å². The third-order valence-corrected chi connectivity index (χ3v) is 6.45. The molecular weight excluding hydrogens is 460 g/mol. The number of ether oxygens (including phenoxy) is 4. The lowest BCUT2D eigenvalue weighted by Crippen LogP contribution is -2.49. The number of nitrogens with one attached hydrogen (secondary N) is 1. The summed E-state index contributed by atoms with van der Waals surface area (Å²) in [6, 6.07) is 4.31. The lowest BCUT2D eigenvalue weighted by molar-refractivity contribution is -0.127. The third kappa shape index (κ3) is 12.3. The quantitative estimate of drug-likeness (QED) is 0.243. The maximum Gasteiger partial charge on any atom is 0.213 e. The minimum atomic E-state index is 0.00523. The van der Waals surface area contributed by atoms with Gasteiger partial charge in [-0.25, -0.2) is 4.98 Å². The van der Waals surface area contributed by atoms with Gasteiger partial charge in [0.25, 0.3) is 0 Å². The van der Waals surface area contributed by atoms with Crippen LogP contribution in [0.2, 0.25) is 0 Å². The summed E-state index contributed by atoms with van der Waals surface area (Å²) in [4.78, 5) is 27.9. The van der Waals surface area contributed by atoms with Crippen LogP contribution in [0.25, 0.3) is 0 Å². The van der Waals surface area contributed by atoms with Gasteiger partial charge in [-0.05, 0) is 51.5 Å². The molecule has 0 amide bonds. The fourth-order valence-electron chi connectivity index (χ4n) is 3.83. The summed E-state index contributed by atoms with van der Waals surface area (Å²) in [6.45, 7) is 10.5. The second kappa shape index (κ2) is 17.4. The Morgan fingerprint density at radius 1 is 1.03 bits per heavy atom. The Bertz CT molecular complexity index is 751. The van der Waals surface area contributed by atoms with Crippen molar-refractivity contribution in [2.75, 3.05) is 33.0 Å². The minimum Gasteiger partial charge on any atom is -0.484 e. The van der Waals surface area contributed by atoms with E-state index < -0.39 is 0 Å². The predicted molar refractivity (Wildman–Crippen MR) is 140 cm³/mol. The largest absolute Gasteiger partial charge is 0.484 e. The number of unbranched alkanes of at least 4 members (excludes halogenated alkanes) is 1. The molecule has 0 saturated heterocycles. The summed E-state index contributed by atoms with van der Waals surface area (Å²) in [7, 11) is 0. The van der Waals surface area contributed by atoms with Crippen LogP contribution in [0.4, 0.5) is 0 Å². The van der Waals surface area contributed by atoms with E-state index in [1.165, 1.54) is 0 Å². The highest BCUT2D eigenvalue weighted by atomic mass is 16.5. The Morgan fingerprint density at radius 3 is 2.47 bits per heavy atom. The monoisotopic (exact) mass is 506 g/mol. The highest BCUT2D eigenvalue weighted by molar-refractivity contribution is 5.81. The highest BCUT2D eigenvalue weighted by Crippen LogP contribution is 2.26. The standard InChI is InChI=1S/C28H46N2O6/c1-5-7-13-33-14-8-15-34-20-27(32)21(3)9-10-22(4)30-23-16-26(17-23)36-28-12-11-25(18-29-28)35-19-24(31)6-2/h11-12,18,21-23,26,30H,5-10,13-17,19-20H2,1-4H3/t21?,22?,23-,26+. The zero-order valence-electron chi connectivity index (χ0n) is 22.6. The summed E-state index contributed by atoms with van der Waals surface area (Å²) >= 11 is 0. The number of pyridine rings is 1. The summed E-state index contributed by atoms with van der Waals surface area (Å²) in [5.41, 5.74) is 0. The molecule has 0 spiro atoms. The average Bonchev–Trinajstić information content (AvgIpc) is 2.86. The normalized spacial score (nSPS) is 18.8. The van der Waals surface area contributed by atoms with Crippen molar-refractivity contribution in [1.29, 1.82) is 0 Å². The van der Waals surface area contributed by atoms with Gasteiger partial charge in [0.15, 0.2) is 11.6 Å². The first-order chi connectivity index (χ1) is 17.4. The number of nitrogens with zero attached hydrogens (tertiary/aromatic N) is 1. The van der Waals surface area contributed by atoms with Gasteiger partial charge < -0.3 is 24.3 Å². The van der Waals surface area contributed by atoms with Crippen LogP contribution in [-0.4, -0.2) is 67.8 Å². The number of aromatic nitrogens is 1. The Kier molecular flexibility index (Phi) is 14.6. The smallest absolute Gasteiger partial charge is 0.213 e. The molecule has 1 aliphatic rings. The molecule has 1 fully saturated rings. The lowest BCUT2D eigenvalue weighted by atomic mass is 9.88. The molecule has 8 heteroatoms. The van der Waals surface area contributed by atoms with Gasteiger partial charge in [-0.3, -0.25) is 9.59 Å². The fraction of sp³-hybridized carbons (Fsp3) is 0.750. The van der Waals surface area contributed by atoms with E-state index in [-0.39, 0.29) is 36.8 Å². The van der Waals surface area contributed by atoms with E-state index in [4.69, 9.17) is 18.9 Å². The van der Waals surface area contributed by atoms with Crippen molar-refractivity contribution in [2.45, 2.75) is 97.2 Å². The number of carbonyl (C=O) groups is 2. The highest BCUT2D eigenvalue weighted by Gasteiger charge is 2.32. The zero-order chi connectivity index (χ0) is 26.2. The van der Waals surface area contributed by atoms with Crippen molar-refractivity contribution in [3.05, 3.63) is 18.3 Å². The Balaban J connectivity index is 1.51. The van der Waals surface area contributed by atoms with Gasteiger partial charge in [-0.15, -0.1) is 0 Å². The van der Waals surface area contributed by atoms with Crippen LogP contribution in [0.5, 0.6) is 11.6 Å². The first kappa shape index (κ1) is 30.2. The molecule has 2 unspecified atom stereocenters.